The number of benzene rings is 2. The number of carbonyl (C=O) groups excluding carboxylic acids is 1. The van der Waals surface area contributed by atoms with Crippen LogP contribution in [0.2, 0.25) is 0 Å². The number of hydrogen-bond donors (Lipinski definition) is 2. The minimum atomic E-state index is -0.191. The van der Waals surface area contributed by atoms with Crippen molar-refractivity contribution in [3.05, 3.63) is 59.7 Å². The van der Waals surface area contributed by atoms with E-state index in [0.717, 1.165) is 11.3 Å². The zero-order valence-electron chi connectivity index (χ0n) is 13.0. The summed E-state index contributed by atoms with van der Waals surface area (Å²) in [4.78, 5) is 11.9. The van der Waals surface area contributed by atoms with E-state index < -0.39 is 0 Å². The van der Waals surface area contributed by atoms with Crippen LogP contribution in [0.5, 0.6) is 5.75 Å². The van der Waals surface area contributed by atoms with Crippen LogP contribution in [0.3, 0.4) is 0 Å². The van der Waals surface area contributed by atoms with Gasteiger partial charge in [0, 0.05) is 12.2 Å². The van der Waals surface area contributed by atoms with Crippen molar-refractivity contribution in [1.82, 2.24) is 0 Å². The van der Waals surface area contributed by atoms with Gasteiger partial charge in [-0.1, -0.05) is 38.1 Å². The predicted octanol–water partition coefficient (Wildman–Crippen LogP) is 3.29. The fourth-order valence-corrected chi connectivity index (χ4v) is 2.09. The lowest BCUT2D eigenvalue weighted by molar-refractivity contribution is -0.118. The number of rotatable bonds is 6. The van der Waals surface area contributed by atoms with Gasteiger partial charge in [-0.3, -0.25) is 4.79 Å². The van der Waals surface area contributed by atoms with E-state index in [4.69, 9.17) is 10.5 Å². The molecule has 2 aromatic carbocycles. The second-order valence-corrected chi connectivity index (χ2v) is 5.47. The fraction of sp³-hybridized carbons (Fsp3) is 0.278. The van der Waals surface area contributed by atoms with Crippen molar-refractivity contribution in [2.24, 2.45) is 5.73 Å². The van der Waals surface area contributed by atoms with Crippen LogP contribution in [0.15, 0.2) is 48.5 Å². The molecule has 0 spiro atoms. The summed E-state index contributed by atoms with van der Waals surface area (Å²) in [5.74, 6) is 0.942. The van der Waals surface area contributed by atoms with Crippen molar-refractivity contribution < 1.29 is 9.53 Å². The highest BCUT2D eigenvalue weighted by atomic mass is 16.5. The Balaban J connectivity index is 1.91. The van der Waals surface area contributed by atoms with E-state index in [2.05, 4.69) is 25.2 Å². The maximum absolute atomic E-state index is 11.9. The molecule has 0 bridgehead atoms. The number of nitrogens with two attached hydrogens (primary N) is 1. The Morgan fingerprint density at radius 1 is 1.18 bits per heavy atom. The number of hydrogen-bond acceptors (Lipinski definition) is 3. The average Bonchev–Trinajstić information content (AvgIpc) is 2.53. The topological polar surface area (TPSA) is 64.3 Å². The molecule has 0 heterocycles. The van der Waals surface area contributed by atoms with E-state index in [9.17, 15) is 4.79 Å². The van der Waals surface area contributed by atoms with E-state index in [1.165, 1.54) is 5.56 Å². The van der Waals surface area contributed by atoms with Crippen molar-refractivity contribution in [2.75, 3.05) is 11.9 Å². The molecule has 0 aromatic heterocycles. The Morgan fingerprint density at radius 2 is 1.95 bits per heavy atom. The van der Waals surface area contributed by atoms with Gasteiger partial charge in [0.25, 0.3) is 5.91 Å². The molecule has 0 aliphatic carbocycles. The number of amides is 1. The summed E-state index contributed by atoms with van der Waals surface area (Å²) in [5.41, 5.74) is 8.48. The van der Waals surface area contributed by atoms with Gasteiger partial charge in [-0.05, 0) is 41.3 Å². The number of anilines is 1. The van der Waals surface area contributed by atoms with Crippen LogP contribution in [0.4, 0.5) is 5.69 Å². The predicted molar refractivity (Wildman–Crippen MR) is 89.0 cm³/mol. The molecule has 2 rings (SSSR count). The van der Waals surface area contributed by atoms with Crippen molar-refractivity contribution >= 4 is 11.6 Å². The summed E-state index contributed by atoms with van der Waals surface area (Å²) in [7, 11) is 0. The molecule has 3 N–H and O–H groups in total. The molecule has 0 aliphatic rings. The first-order chi connectivity index (χ1) is 10.6. The van der Waals surface area contributed by atoms with Gasteiger partial charge in [0.15, 0.2) is 6.61 Å². The van der Waals surface area contributed by atoms with Crippen LogP contribution in [0, 0.1) is 0 Å². The highest BCUT2D eigenvalue weighted by Crippen LogP contribution is 2.20. The monoisotopic (exact) mass is 298 g/mol. The smallest absolute Gasteiger partial charge is 0.262 e. The lowest BCUT2D eigenvalue weighted by Crippen LogP contribution is -2.20. The lowest BCUT2D eigenvalue weighted by Gasteiger charge is -2.10. The molecular weight excluding hydrogens is 276 g/mol. The van der Waals surface area contributed by atoms with Crippen LogP contribution < -0.4 is 15.8 Å². The Hall–Kier alpha value is -2.33. The van der Waals surface area contributed by atoms with Crippen LogP contribution in [0.1, 0.15) is 30.9 Å². The molecule has 22 heavy (non-hydrogen) atoms. The van der Waals surface area contributed by atoms with Gasteiger partial charge in [0.2, 0.25) is 0 Å². The zero-order chi connectivity index (χ0) is 15.9. The first-order valence-electron chi connectivity index (χ1n) is 7.40. The van der Waals surface area contributed by atoms with Crippen molar-refractivity contribution in [3.63, 3.8) is 0 Å². The Kier molecular flexibility index (Phi) is 5.55. The van der Waals surface area contributed by atoms with Gasteiger partial charge in [-0.15, -0.1) is 0 Å². The van der Waals surface area contributed by atoms with Crippen LogP contribution in [-0.4, -0.2) is 12.5 Å². The first-order valence-corrected chi connectivity index (χ1v) is 7.40. The maximum Gasteiger partial charge on any atom is 0.262 e. The van der Waals surface area contributed by atoms with Gasteiger partial charge in [-0.25, -0.2) is 0 Å². The summed E-state index contributed by atoms with van der Waals surface area (Å²) < 4.78 is 5.55. The molecule has 116 valence electrons. The largest absolute Gasteiger partial charge is 0.484 e. The van der Waals surface area contributed by atoms with Crippen molar-refractivity contribution in [1.29, 1.82) is 0 Å². The third-order valence-corrected chi connectivity index (χ3v) is 3.34. The van der Waals surface area contributed by atoms with Crippen LogP contribution in [0.25, 0.3) is 0 Å². The first kappa shape index (κ1) is 16.0. The lowest BCUT2D eigenvalue weighted by atomic mass is 10.0. The fourth-order valence-electron chi connectivity index (χ4n) is 2.09. The minimum Gasteiger partial charge on any atom is -0.484 e. The molecule has 4 heteroatoms. The third kappa shape index (κ3) is 4.60. The normalized spacial score (nSPS) is 10.5. The summed E-state index contributed by atoms with van der Waals surface area (Å²) in [6, 6.07) is 15.3. The molecule has 0 saturated carbocycles. The van der Waals surface area contributed by atoms with Crippen molar-refractivity contribution in [3.8, 4) is 5.75 Å². The molecule has 1 amide bonds. The molecule has 4 nitrogen and oxygen atoms in total. The van der Waals surface area contributed by atoms with Crippen molar-refractivity contribution in [2.45, 2.75) is 26.3 Å². The number of nitrogens with one attached hydrogen (secondary N) is 1. The zero-order valence-corrected chi connectivity index (χ0v) is 13.0. The van der Waals surface area contributed by atoms with Gasteiger partial charge >= 0.3 is 0 Å². The molecule has 2 aromatic rings. The molecule has 0 fully saturated rings. The quantitative estimate of drug-likeness (QED) is 0.860. The summed E-state index contributed by atoms with van der Waals surface area (Å²) in [6.07, 6.45) is 0. The van der Waals surface area contributed by atoms with Crippen LogP contribution in [-0.2, 0) is 11.3 Å². The van der Waals surface area contributed by atoms with Gasteiger partial charge < -0.3 is 15.8 Å². The van der Waals surface area contributed by atoms with Gasteiger partial charge in [0.05, 0.1) is 0 Å². The minimum absolute atomic E-state index is 0.0194. The second-order valence-electron chi connectivity index (χ2n) is 5.47. The Bertz CT molecular complexity index is 638. The van der Waals surface area contributed by atoms with Crippen LogP contribution >= 0.6 is 0 Å². The van der Waals surface area contributed by atoms with E-state index in [1.54, 1.807) is 0 Å². The third-order valence-electron chi connectivity index (χ3n) is 3.34. The Morgan fingerprint density at radius 3 is 2.68 bits per heavy atom. The maximum atomic E-state index is 11.9. The molecule has 0 aliphatic heterocycles. The molecule has 0 unspecified atom stereocenters. The number of ether oxygens (including phenoxy) is 1. The highest BCUT2D eigenvalue weighted by Gasteiger charge is 2.06. The van der Waals surface area contributed by atoms with Gasteiger partial charge in [0.1, 0.15) is 5.75 Å². The van der Waals surface area contributed by atoms with E-state index in [1.807, 2.05) is 42.5 Å². The summed E-state index contributed by atoms with van der Waals surface area (Å²) in [6.45, 7) is 4.67. The Labute approximate surface area is 131 Å². The van der Waals surface area contributed by atoms with Gasteiger partial charge in [-0.2, -0.15) is 0 Å². The molecule has 0 radical (unpaired) electrons. The molecule has 0 atom stereocenters. The number of carbonyl (C=O) groups is 1. The standard InChI is InChI=1S/C18H22N2O2/c1-13(2)15-6-4-8-17(10-15)22-12-18(21)20-16-7-3-5-14(9-16)11-19/h3-10,13H,11-12,19H2,1-2H3,(H,20,21). The van der Waals surface area contributed by atoms with E-state index in [-0.39, 0.29) is 12.5 Å². The second kappa shape index (κ2) is 7.61. The summed E-state index contributed by atoms with van der Waals surface area (Å²) >= 11 is 0. The SMILES string of the molecule is CC(C)c1cccc(OCC(=O)Nc2cccc(CN)c2)c1. The highest BCUT2D eigenvalue weighted by molar-refractivity contribution is 5.91. The molecule has 0 saturated heterocycles. The van der Waals surface area contributed by atoms with E-state index in [0.29, 0.717) is 18.2 Å². The van der Waals surface area contributed by atoms with E-state index >= 15 is 0 Å². The average molecular weight is 298 g/mol. The summed E-state index contributed by atoms with van der Waals surface area (Å²) in [5, 5.41) is 2.80. The molecular formula is C18H22N2O2.